The van der Waals surface area contributed by atoms with Crippen molar-refractivity contribution in [2.75, 3.05) is 20.1 Å². The predicted molar refractivity (Wildman–Crippen MR) is 57.7 cm³/mol. The summed E-state index contributed by atoms with van der Waals surface area (Å²) in [6, 6.07) is 0. The maximum Gasteiger partial charge on any atom is 0.0295 e. The molecule has 0 spiro atoms. The van der Waals surface area contributed by atoms with Crippen LogP contribution in [0.4, 0.5) is 0 Å². The van der Waals surface area contributed by atoms with E-state index in [9.17, 15) is 0 Å². The first kappa shape index (κ1) is 11.0. The van der Waals surface area contributed by atoms with Crippen molar-refractivity contribution in [1.82, 2.24) is 4.90 Å². The van der Waals surface area contributed by atoms with Crippen molar-refractivity contribution in [3.05, 3.63) is 0 Å². The molecule has 1 saturated heterocycles. The van der Waals surface area contributed by atoms with Gasteiger partial charge in [0.1, 0.15) is 0 Å². The summed E-state index contributed by atoms with van der Waals surface area (Å²) < 4.78 is 0. The fourth-order valence-electron chi connectivity index (χ4n) is 2.18. The summed E-state index contributed by atoms with van der Waals surface area (Å²) >= 11 is 0. The van der Waals surface area contributed by atoms with Gasteiger partial charge in [-0.2, -0.15) is 0 Å². The maximum absolute atomic E-state index is 6.29. The van der Waals surface area contributed by atoms with Gasteiger partial charge >= 0.3 is 0 Å². The third-order valence-electron chi connectivity index (χ3n) is 3.03. The first-order valence-electron chi connectivity index (χ1n) is 5.49. The molecular formula is C11H24N2. The molecule has 1 rings (SSSR count). The fourth-order valence-corrected chi connectivity index (χ4v) is 2.18. The molecule has 1 heterocycles. The van der Waals surface area contributed by atoms with Gasteiger partial charge in [-0.25, -0.2) is 0 Å². The van der Waals surface area contributed by atoms with E-state index in [0.717, 1.165) is 12.5 Å². The van der Waals surface area contributed by atoms with Gasteiger partial charge in [-0.05, 0) is 32.4 Å². The van der Waals surface area contributed by atoms with E-state index in [4.69, 9.17) is 5.73 Å². The summed E-state index contributed by atoms with van der Waals surface area (Å²) in [6.07, 6.45) is 5.00. The van der Waals surface area contributed by atoms with Crippen LogP contribution in [0.2, 0.25) is 0 Å². The average Bonchev–Trinajstić information content (AvgIpc) is 2.30. The summed E-state index contributed by atoms with van der Waals surface area (Å²) in [5.41, 5.74) is 6.42. The van der Waals surface area contributed by atoms with Gasteiger partial charge in [0.15, 0.2) is 0 Å². The third-order valence-corrected chi connectivity index (χ3v) is 3.03. The molecule has 0 bridgehead atoms. The molecule has 0 aromatic rings. The molecule has 0 radical (unpaired) electrons. The van der Waals surface area contributed by atoms with Crippen molar-refractivity contribution in [3.8, 4) is 0 Å². The minimum absolute atomic E-state index is 0.129. The van der Waals surface area contributed by atoms with Crippen LogP contribution in [0.1, 0.15) is 39.5 Å². The molecule has 1 aliphatic rings. The maximum atomic E-state index is 6.29. The monoisotopic (exact) mass is 184 g/mol. The molecule has 2 N–H and O–H groups in total. The van der Waals surface area contributed by atoms with Gasteiger partial charge in [0.25, 0.3) is 0 Å². The highest BCUT2D eigenvalue weighted by Gasteiger charge is 2.31. The van der Waals surface area contributed by atoms with Crippen LogP contribution < -0.4 is 5.73 Å². The number of likely N-dealkylation sites (N-methyl/N-ethyl adjacent to an activating group) is 1. The first-order valence-corrected chi connectivity index (χ1v) is 5.49. The van der Waals surface area contributed by atoms with Crippen molar-refractivity contribution >= 4 is 0 Å². The van der Waals surface area contributed by atoms with Crippen molar-refractivity contribution in [2.24, 2.45) is 11.7 Å². The van der Waals surface area contributed by atoms with E-state index < -0.39 is 0 Å². The lowest BCUT2D eigenvalue weighted by molar-refractivity contribution is 0.340. The third kappa shape index (κ3) is 3.65. The SMILES string of the molecule is CC(C)CCCC1(N)CCN(C)C1. The Labute approximate surface area is 82.5 Å². The molecule has 0 aliphatic carbocycles. The Balaban J connectivity index is 2.20. The van der Waals surface area contributed by atoms with Gasteiger partial charge in [0, 0.05) is 12.1 Å². The highest BCUT2D eigenvalue weighted by Crippen LogP contribution is 2.23. The Bertz CT molecular complexity index is 156. The van der Waals surface area contributed by atoms with Crippen LogP contribution in [0.15, 0.2) is 0 Å². The lowest BCUT2D eigenvalue weighted by atomic mass is 9.91. The van der Waals surface area contributed by atoms with Crippen LogP contribution in [0.3, 0.4) is 0 Å². The van der Waals surface area contributed by atoms with Gasteiger partial charge in [-0.1, -0.05) is 26.7 Å². The smallest absolute Gasteiger partial charge is 0.0295 e. The zero-order valence-corrected chi connectivity index (χ0v) is 9.34. The molecule has 0 aromatic carbocycles. The number of nitrogens with two attached hydrogens (primary N) is 1. The second kappa shape index (κ2) is 4.43. The van der Waals surface area contributed by atoms with Crippen molar-refractivity contribution in [3.63, 3.8) is 0 Å². The predicted octanol–water partition coefficient (Wildman–Crippen LogP) is 1.85. The van der Waals surface area contributed by atoms with Crippen molar-refractivity contribution in [2.45, 2.75) is 45.1 Å². The zero-order valence-electron chi connectivity index (χ0n) is 9.34. The lowest BCUT2D eigenvalue weighted by Gasteiger charge is -2.23. The van der Waals surface area contributed by atoms with E-state index in [1.807, 2.05) is 0 Å². The van der Waals surface area contributed by atoms with Crippen molar-refractivity contribution < 1.29 is 0 Å². The van der Waals surface area contributed by atoms with E-state index in [-0.39, 0.29) is 5.54 Å². The molecular weight excluding hydrogens is 160 g/mol. The largest absolute Gasteiger partial charge is 0.324 e. The van der Waals surface area contributed by atoms with Gasteiger partial charge in [0.2, 0.25) is 0 Å². The summed E-state index contributed by atoms with van der Waals surface area (Å²) in [5.74, 6) is 0.822. The average molecular weight is 184 g/mol. The van der Waals surface area contributed by atoms with Crippen molar-refractivity contribution in [1.29, 1.82) is 0 Å². The van der Waals surface area contributed by atoms with Crippen LogP contribution in [0.25, 0.3) is 0 Å². The van der Waals surface area contributed by atoms with E-state index in [1.54, 1.807) is 0 Å². The second-order valence-corrected chi connectivity index (χ2v) is 5.14. The normalized spacial score (nSPS) is 30.2. The van der Waals surface area contributed by atoms with Crippen LogP contribution in [0.5, 0.6) is 0 Å². The lowest BCUT2D eigenvalue weighted by Crippen LogP contribution is -2.42. The Morgan fingerprint density at radius 2 is 2.15 bits per heavy atom. The van der Waals surface area contributed by atoms with E-state index in [2.05, 4.69) is 25.8 Å². The van der Waals surface area contributed by atoms with Gasteiger partial charge in [-0.15, -0.1) is 0 Å². The van der Waals surface area contributed by atoms with Gasteiger partial charge < -0.3 is 10.6 Å². The Hall–Kier alpha value is -0.0800. The van der Waals surface area contributed by atoms with Gasteiger partial charge in [-0.3, -0.25) is 0 Å². The topological polar surface area (TPSA) is 29.3 Å². The molecule has 13 heavy (non-hydrogen) atoms. The Kier molecular flexibility index (Phi) is 3.74. The van der Waals surface area contributed by atoms with Crippen LogP contribution in [-0.2, 0) is 0 Å². The Morgan fingerprint density at radius 3 is 2.62 bits per heavy atom. The number of likely N-dealkylation sites (tertiary alicyclic amines) is 1. The second-order valence-electron chi connectivity index (χ2n) is 5.14. The molecule has 0 saturated carbocycles. The summed E-state index contributed by atoms with van der Waals surface area (Å²) in [6.45, 7) is 6.83. The number of nitrogens with zero attached hydrogens (tertiary/aromatic N) is 1. The summed E-state index contributed by atoms with van der Waals surface area (Å²) in [7, 11) is 2.16. The highest BCUT2D eigenvalue weighted by atomic mass is 15.2. The molecule has 2 nitrogen and oxygen atoms in total. The Morgan fingerprint density at radius 1 is 1.46 bits per heavy atom. The van der Waals surface area contributed by atoms with E-state index in [1.165, 1.54) is 32.2 Å². The quantitative estimate of drug-likeness (QED) is 0.722. The van der Waals surface area contributed by atoms with Crippen LogP contribution >= 0.6 is 0 Å². The number of rotatable bonds is 4. The van der Waals surface area contributed by atoms with Crippen LogP contribution in [-0.4, -0.2) is 30.6 Å². The van der Waals surface area contributed by atoms with Gasteiger partial charge in [0.05, 0.1) is 0 Å². The van der Waals surface area contributed by atoms with Crippen LogP contribution in [0, 0.1) is 5.92 Å². The molecule has 0 amide bonds. The summed E-state index contributed by atoms with van der Waals surface area (Å²) in [4.78, 5) is 2.34. The molecule has 1 unspecified atom stereocenters. The molecule has 0 aromatic heterocycles. The number of hydrogen-bond donors (Lipinski definition) is 1. The number of hydrogen-bond acceptors (Lipinski definition) is 2. The van der Waals surface area contributed by atoms with E-state index >= 15 is 0 Å². The molecule has 2 heteroatoms. The molecule has 1 aliphatic heterocycles. The minimum Gasteiger partial charge on any atom is -0.324 e. The van der Waals surface area contributed by atoms with E-state index in [0.29, 0.717) is 0 Å². The fraction of sp³-hybridized carbons (Fsp3) is 1.00. The highest BCUT2D eigenvalue weighted by molar-refractivity contribution is 4.92. The molecule has 1 fully saturated rings. The zero-order chi connectivity index (χ0) is 9.90. The summed E-state index contributed by atoms with van der Waals surface area (Å²) in [5, 5.41) is 0. The molecule has 1 atom stereocenters. The minimum atomic E-state index is 0.129. The molecule has 78 valence electrons. The first-order chi connectivity index (χ1) is 6.02. The standard InChI is InChI=1S/C11H24N2/c1-10(2)5-4-6-11(12)7-8-13(3)9-11/h10H,4-9,12H2,1-3H3.